The first kappa shape index (κ1) is 17.4. The third-order valence-corrected chi connectivity index (χ3v) is 5.30. The van der Waals surface area contributed by atoms with E-state index in [1.165, 1.54) is 0 Å². The van der Waals surface area contributed by atoms with Gasteiger partial charge < -0.3 is 15.8 Å². The Bertz CT molecular complexity index is 328. The summed E-state index contributed by atoms with van der Waals surface area (Å²) in [6.45, 7) is 11.3. The van der Waals surface area contributed by atoms with Gasteiger partial charge in [-0.15, -0.1) is 0 Å². The van der Waals surface area contributed by atoms with Crippen LogP contribution in [0.4, 0.5) is 0 Å². The summed E-state index contributed by atoms with van der Waals surface area (Å²) in [7, 11) is 1.67. The zero-order valence-corrected chi connectivity index (χ0v) is 13.9. The van der Waals surface area contributed by atoms with Crippen molar-refractivity contribution in [3.05, 3.63) is 0 Å². The molecule has 1 aliphatic carbocycles. The van der Waals surface area contributed by atoms with Crippen molar-refractivity contribution in [2.45, 2.75) is 59.5 Å². The molecule has 0 bridgehead atoms. The highest BCUT2D eigenvalue weighted by Crippen LogP contribution is 2.44. The van der Waals surface area contributed by atoms with E-state index >= 15 is 0 Å². The molecule has 3 N–H and O–H groups in total. The van der Waals surface area contributed by atoms with Crippen LogP contribution in [-0.4, -0.2) is 31.7 Å². The van der Waals surface area contributed by atoms with Crippen LogP contribution in [0.5, 0.6) is 0 Å². The second-order valence-corrected chi connectivity index (χ2v) is 7.22. The summed E-state index contributed by atoms with van der Waals surface area (Å²) in [5, 5.41) is 3.17. The van der Waals surface area contributed by atoms with Crippen molar-refractivity contribution in [3.8, 4) is 0 Å². The number of methoxy groups -OCH3 is 1. The number of amides is 1. The molecule has 1 rings (SSSR count). The Kier molecular flexibility index (Phi) is 6.02. The van der Waals surface area contributed by atoms with Crippen LogP contribution in [-0.2, 0) is 9.53 Å². The van der Waals surface area contributed by atoms with E-state index in [-0.39, 0.29) is 29.3 Å². The lowest BCUT2D eigenvalue weighted by Gasteiger charge is -2.46. The number of hydrogen-bond acceptors (Lipinski definition) is 3. The third kappa shape index (κ3) is 3.73. The van der Waals surface area contributed by atoms with Crippen LogP contribution in [0.3, 0.4) is 0 Å². The van der Waals surface area contributed by atoms with Gasteiger partial charge in [-0.1, -0.05) is 34.6 Å². The molecule has 0 aromatic heterocycles. The van der Waals surface area contributed by atoms with Crippen LogP contribution in [0.15, 0.2) is 0 Å². The molecule has 0 heterocycles. The molecule has 0 spiro atoms. The van der Waals surface area contributed by atoms with Crippen LogP contribution in [0.2, 0.25) is 0 Å². The average molecular weight is 284 g/mol. The minimum atomic E-state index is -0.0592. The smallest absolute Gasteiger partial charge is 0.223 e. The minimum absolute atomic E-state index is 0.0374. The Morgan fingerprint density at radius 1 is 1.40 bits per heavy atom. The quantitative estimate of drug-likeness (QED) is 0.813. The van der Waals surface area contributed by atoms with Gasteiger partial charge in [-0.25, -0.2) is 0 Å². The first-order chi connectivity index (χ1) is 9.21. The van der Waals surface area contributed by atoms with Gasteiger partial charge in [0.2, 0.25) is 5.91 Å². The maximum Gasteiger partial charge on any atom is 0.223 e. The molecule has 0 aromatic carbocycles. The van der Waals surface area contributed by atoms with Crippen molar-refractivity contribution in [2.24, 2.45) is 28.9 Å². The fourth-order valence-electron chi connectivity index (χ4n) is 3.18. The molecule has 1 fully saturated rings. The second-order valence-electron chi connectivity index (χ2n) is 7.22. The lowest BCUT2D eigenvalue weighted by atomic mass is 9.61. The number of carbonyl (C=O) groups excluding carboxylic acids is 1. The van der Waals surface area contributed by atoms with E-state index in [2.05, 4.69) is 39.9 Å². The molecule has 4 nitrogen and oxygen atoms in total. The highest BCUT2D eigenvalue weighted by Gasteiger charge is 2.45. The minimum Gasteiger partial charge on any atom is -0.383 e. The van der Waals surface area contributed by atoms with Gasteiger partial charge in [0.05, 0.1) is 12.6 Å². The Labute approximate surface area is 123 Å². The molecule has 0 aliphatic heterocycles. The van der Waals surface area contributed by atoms with Crippen molar-refractivity contribution in [3.63, 3.8) is 0 Å². The van der Waals surface area contributed by atoms with E-state index in [4.69, 9.17) is 10.5 Å². The third-order valence-electron chi connectivity index (χ3n) is 5.30. The second kappa shape index (κ2) is 6.90. The molecule has 4 atom stereocenters. The van der Waals surface area contributed by atoms with E-state index < -0.39 is 0 Å². The number of ether oxygens (including phenoxy) is 1. The SMILES string of the molecule is COCC(NC(=O)C1CCC(N)C(C)C1(C)C)C(C)C. The largest absolute Gasteiger partial charge is 0.383 e. The first-order valence-electron chi connectivity index (χ1n) is 7.76. The van der Waals surface area contributed by atoms with Crippen LogP contribution in [0.25, 0.3) is 0 Å². The molecule has 1 saturated carbocycles. The van der Waals surface area contributed by atoms with Crippen LogP contribution >= 0.6 is 0 Å². The van der Waals surface area contributed by atoms with Gasteiger partial charge in [0.1, 0.15) is 0 Å². The number of nitrogens with one attached hydrogen (secondary N) is 1. The highest BCUT2D eigenvalue weighted by atomic mass is 16.5. The monoisotopic (exact) mass is 284 g/mol. The van der Waals surface area contributed by atoms with Crippen molar-refractivity contribution < 1.29 is 9.53 Å². The van der Waals surface area contributed by atoms with E-state index in [0.29, 0.717) is 18.4 Å². The van der Waals surface area contributed by atoms with Gasteiger partial charge in [-0.2, -0.15) is 0 Å². The molecule has 0 aromatic rings. The van der Waals surface area contributed by atoms with Crippen molar-refractivity contribution in [2.75, 3.05) is 13.7 Å². The van der Waals surface area contributed by atoms with E-state index in [9.17, 15) is 4.79 Å². The van der Waals surface area contributed by atoms with Crippen molar-refractivity contribution in [1.29, 1.82) is 0 Å². The summed E-state index contributed by atoms with van der Waals surface area (Å²) in [4.78, 5) is 12.6. The fourth-order valence-corrected chi connectivity index (χ4v) is 3.18. The van der Waals surface area contributed by atoms with E-state index in [1.54, 1.807) is 7.11 Å². The molecule has 20 heavy (non-hydrogen) atoms. The standard InChI is InChI=1S/C16H32N2O2/c1-10(2)14(9-20-6)18-15(19)12-7-8-13(17)11(3)16(12,4)5/h10-14H,7-9,17H2,1-6H3,(H,18,19). The Hall–Kier alpha value is -0.610. The molecular weight excluding hydrogens is 252 g/mol. The maximum atomic E-state index is 12.6. The maximum absolute atomic E-state index is 12.6. The average Bonchev–Trinajstić information content (AvgIpc) is 2.35. The van der Waals surface area contributed by atoms with Gasteiger partial charge in [0.25, 0.3) is 0 Å². The van der Waals surface area contributed by atoms with Crippen LogP contribution in [0.1, 0.15) is 47.5 Å². The number of nitrogens with two attached hydrogens (primary N) is 1. The Balaban J connectivity index is 2.75. The molecule has 1 aliphatic rings. The molecule has 118 valence electrons. The summed E-state index contributed by atoms with van der Waals surface area (Å²) in [5.41, 5.74) is 6.10. The van der Waals surface area contributed by atoms with Gasteiger partial charge >= 0.3 is 0 Å². The van der Waals surface area contributed by atoms with Crippen molar-refractivity contribution >= 4 is 5.91 Å². The normalized spacial score (nSPS) is 31.1. The van der Waals surface area contributed by atoms with E-state index in [1.807, 2.05) is 0 Å². The zero-order valence-electron chi connectivity index (χ0n) is 13.9. The highest BCUT2D eigenvalue weighted by molar-refractivity contribution is 5.80. The van der Waals surface area contributed by atoms with Crippen LogP contribution in [0, 0.1) is 23.2 Å². The summed E-state index contributed by atoms with van der Waals surface area (Å²) >= 11 is 0. The lowest BCUT2D eigenvalue weighted by molar-refractivity contribution is -0.134. The molecule has 4 heteroatoms. The molecule has 0 radical (unpaired) electrons. The summed E-state index contributed by atoms with van der Waals surface area (Å²) in [5.74, 6) is 0.914. The number of hydrogen-bond donors (Lipinski definition) is 2. The summed E-state index contributed by atoms with van der Waals surface area (Å²) in [6.07, 6.45) is 1.81. The first-order valence-corrected chi connectivity index (χ1v) is 7.76. The topological polar surface area (TPSA) is 64.3 Å². The number of rotatable bonds is 5. The summed E-state index contributed by atoms with van der Waals surface area (Å²) in [6, 6.07) is 0.281. The van der Waals surface area contributed by atoms with Gasteiger partial charge in [0.15, 0.2) is 0 Å². The van der Waals surface area contributed by atoms with Gasteiger partial charge in [-0.05, 0) is 30.1 Å². The predicted octanol–water partition coefficient (Wildman–Crippen LogP) is 2.17. The van der Waals surface area contributed by atoms with E-state index in [0.717, 1.165) is 12.8 Å². The predicted molar refractivity (Wildman–Crippen MR) is 82.3 cm³/mol. The fraction of sp³-hybridized carbons (Fsp3) is 0.938. The molecule has 4 unspecified atom stereocenters. The Morgan fingerprint density at radius 3 is 2.50 bits per heavy atom. The number of carbonyl (C=O) groups is 1. The Morgan fingerprint density at radius 2 is 2.00 bits per heavy atom. The molecule has 0 saturated heterocycles. The van der Waals surface area contributed by atoms with Crippen molar-refractivity contribution in [1.82, 2.24) is 5.32 Å². The van der Waals surface area contributed by atoms with Crippen LogP contribution < -0.4 is 11.1 Å². The summed E-state index contributed by atoms with van der Waals surface area (Å²) < 4.78 is 5.21. The van der Waals surface area contributed by atoms with Gasteiger partial charge in [0, 0.05) is 19.1 Å². The molecule has 1 amide bonds. The zero-order chi connectivity index (χ0) is 15.5. The van der Waals surface area contributed by atoms with Gasteiger partial charge in [-0.3, -0.25) is 4.79 Å². The lowest BCUT2D eigenvalue weighted by Crippen LogP contribution is -2.54. The molecular formula is C16H32N2O2.